The molecule has 2 atom stereocenters. The van der Waals surface area contributed by atoms with E-state index in [4.69, 9.17) is 5.11 Å². The second-order valence-corrected chi connectivity index (χ2v) is 5.42. The summed E-state index contributed by atoms with van der Waals surface area (Å²) < 4.78 is 50.2. The molecule has 0 radical (unpaired) electrons. The van der Waals surface area contributed by atoms with Crippen LogP contribution in [0.3, 0.4) is 0 Å². The molecule has 0 saturated carbocycles. The predicted octanol–water partition coefficient (Wildman–Crippen LogP) is 2.88. The lowest BCUT2D eigenvalue weighted by atomic mass is 10.0. The van der Waals surface area contributed by atoms with Crippen LogP contribution in [0.15, 0.2) is 23.1 Å². The maximum atomic E-state index is 13.6. The van der Waals surface area contributed by atoms with E-state index in [1.807, 2.05) is 0 Å². The molecule has 1 aromatic rings. The molecule has 2 nitrogen and oxygen atoms in total. The van der Waals surface area contributed by atoms with Crippen molar-refractivity contribution < 1.29 is 22.7 Å². The van der Waals surface area contributed by atoms with Crippen molar-refractivity contribution in [2.24, 2.45) is 0 Å². The Kier molecular flexibility index (Phi) is 4.37. The average Bonchev–Trinajstić information content (AvgIpc) is 2.35. The molecule has 0 bridgehead atoms. The summed E-state index contributed by atoms with van der Waals surface area (Å²) in [6, 6.07) is 4.21. The lowest BCUT2D eigenvalue weighted by molar-refractivity contribution is -0.202. The number of benzene rings is 1. The zero-order valence-corrected chi connectivity index (χ0v) is 10.7. The monoisotopic (exact) mass is 295 g/mol. The Hall–Kier alpha value is -0.790. The largest absolute Gasteiger partial charge is 0.415 e. The molecule has 1 heterocycles. The number of halogens is 4. The molecule has 1 aliphatic heterocycles. The van der Waals surface area contributed by atoms with Crippen LogP contribution in [0.2, 0.25) is 0 Å². The maximum Gasteiger partial charge on any atom is 0.415 e. The molecule has 0 aliphatic carbocycles. The molecule has 1 aliphatic rings. The van der Waals surface area contributed by atoms with E-state index >= 15 is 0 Å². The molecule has 2 N–H and O–H groups in total. The van der Waals surface area contributed by atoms with E-state index in [9.17, 15) is 17.6 Å². The highest BCUT2D eigenvalue weighted by Crippen LogP contribution is 2.37. The molecule has 2 rings (SSSR count). The number of fused-ring (bicyclic) bond motifs is 1. The smallest absolute Gasteiger partial charge is 0.382 e. The summed E-state index contributed by atoms with van der Waals surface area (Å²) in [5.74, 6) is 0.277. The first kappa shape index (κ1) is 14.6. The van der Waals surface area contributed by atoms with E-state index in [2.05, 4.69) is 5.32 Å². The summed E-state index contributed by atoms with van der Waals surface area (Å²) in [7, 11) is 0. The van der Waals surface area contributed by atoms with Crippen LogP contribution in [0.25, 0.3) is 0 Å². The summed E-state index contributed by atoms with van der Waals surface area (Å²) in [5.41, 5.74) is 0.658. The summed E-state index contributed by atoms with van der Waals surface area (Å²) in [5, 5.41) is 11.6. The van der Waals surface area contributed by atoms with Crippen molar-refractivity contribution >= 4 is 11.8 Å². The standard InChI is InChI=1S/C12H13F4NOS/c13-8-3-1-2-7-9(4-5-19-11(7)8)17-6-10(18)12(14,15)16/h1-3,9-10,17-18H,4-6H2. The van der Waals surface area contributed by atoms with Gasteiger partial charge in [-0.15, -0.1) is 11.8 Å². The molecule has 0 fully saturated rings. The SMILES string of the molecule is OC(CNC1CCSc2c(F)cccc21)C(F)(F)F. The minimum Gasteiger partial charge on any atom is -0.382 e. The van der Waals surface area contributed by atoms with Crippen molar-refractivity contribution in [2.75, 3.05) is 12.3 Å². The summed E-state index contributed by atoms with van der Waals surface area (Å²) in [6.45, 7) is -0.589. The van der Waals surface area contributed by atoms with Crippen LogP contribution < -0.4 is 5.32 Å². The fourth-order valence-electron chi connectivity index (χ4n) is 1.97. The lowest BCUT2D eigenvalue weighted by Crippen LogP contribution is -2.40. The van der Waals surface area contributed by atoms with Crippen LogP contribution in [0.4, 0.5) is 17.6 Å². The Labute approximate surface area is 112 Å². The van der Waals surface area contributed by atoms with Crippen molar-refractivity contribution in [3.05, 3.63) is 29.6 Å². The van der Waals surface area contributed by atoms with Gasteiger partial charge >= 0.3 is 6.18 Å². The molecule has 1 aromatic carbocycles. The highest BCUT2D eigenvalue weighted by molar-refractivity contribution is 7.99. The quantitative estimate of drug-likeness (QED) is 0.841. The van der Waals surface area contributed by atoms with Gasteiger partial charge in [0.25, 0.3) is 0 Å². The number of aliphatic hydroxyl groups is 1. The van der Waals surface area contributed by atoms with Gasteiger partial charge < -0.3 is 10.4 Å². The van der Waals surface area contributed by atoms with Gasteiger partial charge in [-0.2, -0.15) is 13.2 Å². The summed E-state index contributed by atoms with van der Waals surface area (Å²) in [4.78, 5) is 0.479. The van der Waals surface area contributed by atoms with Gasteiger partial charge in [-0.05, 0) is 23.8 Å². The van der Waals surface area contributed by atoms with Crippen molar-refractivity contribution in [1.82, 2.24) is 5.32 Å². The number of hydrogen-bond donors (Lipinski definition) is 2. The minimum absolute atomic E-state index is 0.356. The first-order valence-electron chi connectivity index (χ1n) is 5.79. The molecule has 0 aromatic heterocycles. The minimum atomic E-state index is -4.64. The van der Waals surface area contributed by atoms with E-state index in [0.29, 0.717) is 22.6 Å². The molecule has 106 valence electrons. The van der Waals surface area contributed by atoms with E-state index in [1.54, 1.807) is 6.07 Å². The molecule has 0 spiro atoms. The third kappa shape index (κ3) is 3.40. The average molecular weight is 295 g/mol. The first-order valence-corrected chi connectivity index (χ1v) is 6.77. The zero-order valence-electron chi connectivity index (χ0n) is 9.88. The Bertz CT molecular complexity index is 452. The predicted molar refractivity (Wildman–Crippen MR) is 64.5 cm³/mol. The molecule has 2 unspecified atom stereocenters. The number of thioether (sulfide) groups is 1. The van der Waals surface area contributed by atoms with Crippen molar-refractivity contribution in [2.45, 2.75) is 29.6 Å². The second-order valence-electron chi connectivity index (χ2n) is 4.31. The van der Waals surface area contributed by atoms with Crippen molar-refractivity contribution in [1.29, 1.82) is 0 Å². The highest BCUT2D eigenvalue weighted by Gasteiger charge is 2.38. The molecular weight excluding hydrogens is 282 g/mol. The number of hydrogen-bond acceptors (Lipinski definition) is 3. The Morgan fingerprint density at radius 1 is 1.42 bits per heavy atom. The Morgan fingerprint density at radius 2 is 2.16 bits per heavy atom. The van der Waals surface area contributed by atoms with Gasteiger partial charge in [-0.3, -0.25) is 0 Å². The molecular formula is C12H13F4NOS. The molecule has 7 heteroatoms. The van der Waals surface area contributed by atoms with Gasteiger partial charge in [-0.1, -0.05) is 12.1 Å². The van der Waals surface area contributed by atoms with Crippen LogP contribution in [-0.4, -0.2) is 29.7 Å². The second kappa shape index (κ2) is 5.68. The fraction of sp³-hybridized carbons (Fsp3) is 0.500. The summed E-state index contributed by atoms with van der Waals surface area (Å²) in [6.07, 6.45) is -6.44. The van der Waals surface area contributed by atoms with Gasteiger partial charge in [0, 0.05) is 17.5 Å². The molecule has 0 saturated heterocycles. The summed E-state index contributed by atoms with van der Waals surface area (Å²) >= 11 is 1.36. The highest BCUT2D eigenvalue weighted by atomic mass is 32.2. The number of rotatable bonds is 3. The van der Waals surface area contributed by atoms with Crippen molar-refractivity contribution in [3.8, 4) is 0 Å². The third-order valence-electron chi connectivity index (χ3n) is 2.96. The van der Waals surface area contributed by atoms with Crippen LogP contribution >= 0.6 is 11.8 Å². The third-order valence-corrected chi connectivity index (χ3v) is 4.12. The Morgan fingerprint density at radius 3 is 2.84 bits per heavy atom. The number of nitrogens with one attached hydrogen (secondary N) is 1. The van der Waals surface area contributed by atoms with Crippen LogP contribution in [0.1, 0.15) is 18.0 Å². The van der Waals surface area contributed by atoms with Crippen molar-refractivity contribution in [3.63, 3.8) is 0 Å². The molecule has 19 heavy (non-hydrogen) atoms. The van der Waals surface area contributed by atoms with Crippen LogP contribution in [-0.2, 0) is 0 Å². The zero-order chi connectivity index (χ0) is 14.0. The van der Waals surface area contributed by atoms with Gasteiger partial charge in [0.15, 0.2) is 6.10 Å². The van der Waals surface area contributed by atoms with Gasteiger partial charge in [0.2, 0.25) is 0 Å². The van der Waals surface area contributed by atoms with E-state index in [-0.39, 0.29) is 11.9 Å². The van der Waals surface area contributed by atoms with Gasteiger partial charge in [-0.25, -0.2) is 4.39 Å². The number of aliphatic hydroxyl groups excluding tert-OH is 1. The number of alkyl halides is 3. The topological polar surface area (TPSA) is 32.3 Å². The first-order chi connectivity index (χ1) is 8.89. The lowest BCUT2D eigenvalue weighted by Gasteiger charge is -2.27. The molecule has 0 amide bonds. The normalized spacial score (nSPS) is 21.0. The van der Waals surface area contributed by atoms with Crippen LogP contribution in [0.5, 0.6) is 0 Å². The van der Waals surface area contributed by atoms with Crippen LogP contribution in [0, 0.1) is 5.82 Å². The van der Waals surface area contributed by atoms with E-state index in [1.165, 1.54) is 23.9 Å². The van der Waals surface area contributed by atoms with Gasteiger partial charge in [0.1, 0.15) is 5.82 Å². The maximum absolute atomic E-state index is 13.6. The van der Waals surface area contributed by atoms with Gasteiger partial charge in [0.05, 0.1) is 0 Å². The Balaban J connectivity index is 2.06. The van der Waals surface area contributed by atoms with E-state index < -0.39 is 18.8 Å². The van der Waals surface area contributed by atoms with E-state index in [0.717, 1.165) is 0 Å². The fourth-order valence-corrected chi connectivity index (χ4v) is 3.11.